The Balaban J connectivity index is 1.99. The van der Waals surface area contributed by atoms with Gasteiger partial charge < -0.3 is 15.4 Å². The molecule has 1 aromatic carbocycles. The molecule has 2 rings (SSSR count). The maximum absolute atomic E-state index is 5.97. The van der Waals surface area contributed by atoms with Crippen molar-refractivity contribution in [3.63, 3.8) is 0 Å². The molecule has 4 heteroatoms. The fourth-order valence-electron chi connectivity index (χ4n) is 2.41. The van der Waals surface area contributed by atoms with E-state index in [4.69, 9.17) is 10.5 Å². The van der Waals surface area contributed by atoms with Gasteiger partial charge in [0.25, 0.3) is 0 Å². The summed E-state index contributed by atoms with van der Waals surface area (Å²) in [4.78, 5) is 2.39. The Labute approximate surface area is 117 Å². The number of rotatable bonds is 4. The van der Waals surface area contributed by atoms with Crippen molar-refractivity contribution >= 4 is 15.9 Å². The summed E-state index contributed by atoms with van der Waals surface area (Å²) in [5.41, 5.74) is 6.82. The van der Waals surface area contributed by atoms with Crippen LogP contribution in [0.3, 0.4) is 0 Å². The van der Waals surface area contributed by atoms with Crippen molar-refractivity contribution in [1.82, 2.24) is 4.90 Å². The lowest BCUT2D eigenvalue weighted by molar-refractivity contribution is 0.124. The van der Waals surface area contributed by atoms with Crippen LogP contribution in [0.1, 0.15) is 24.8 Å². The van der Waals surface area contributed by atoms with E-state index in [1.54, 1.807) is 0 Å². The molecule has 0 radical (unpaired) electrons. The Morgan fingerprint density at radius 3 is 3.00 bits per heavy atom. The highest BCUT2D eigenvalue weighted by Gasteiger charge is 2.19. The first-order valence-electron chi connectivity index (χ1n) is 6.53. The van der Waals surface area contributed by atoms with Gasteiger partial charge in [-0.3, -0.25) is 0 Å². The molecule has 0 amide bonds. The normalized spacial score (nSPS) is 20.9. The lowest BCUT2D eigenvalue weighted by Gasteiger charge is -2.32. The number of piperidine rings is 1. The molecule has 1 aromatic rings. The topological polar surface area (TPSA) is 38.5 Å². The van der Waals surface area contributed by atoms with Crippen molar-refractivity contribution in [3.8, 4) is 5.75 Å². The third kappa shape index (κ3) is 3.25. The van der Waals surface area contributed by atoms with Crippen LogP contribution in [0.4, 0.5) is 0 Å². The molecule has 1 aliphatic heterocycles. The van der Waals surface area contributed by atoms with Gasteiger partial charge in [-0.1, -0.05) is 28.4 Å². The van der Waals surface area contributed by atoms with Crippen molar-refractivity contribution in [1.29, 1.82) is 0 Å². The van der Waals surface area contributed by atoms with Crippen LogP contribution in [0.25, 0.3) is 0 Å². The predicted octanol–water partition coefficient (Wildman–Crippen LogP) is 2.77. The van der Waals surface area contributed by atoms with Crippen LogP contribution in [0, 0.1) is 0 Å². The third-order valence-electron chi connectivity index (χ3n) is 3.63. The Hall–Kier alpha value is -0.580. The first-order valence-corrected chi connectivity index (χ1v) is 7.32. The molecule has 18 heavy (non-hydrogen) atoms. The van der Waals surface area contributed by atoms with Crippen molar-refractivity contribution < 1.29 is 4.74 Å². The summed E-state index contributed by atoms with van der Waals surface area (Å²) in [6.07, 6.45) is 3.83. The lowest BCUT2D eigenvalue weighted by Crippen LogP contribution is -2.40. The summed E-state index contributed by atoms with van der Waals surface area (Å²) in [7, 11) is 2.18. The maximum atomic E-state index is 5.97. The average Bonchev–Trinajstić information content (AvgIpc) is 2.38. The van der Waals surface area contributed by atoms with Crippen LogP contribution < -0.4 is 10.5 Å². The summed E-state index contributed by atoms with van der Waals surface area (Å²) in [6.45, 7) is 2.42. The van der Waals surface area contributed by atoms with Gasteiger partial charge in [0, 0.05) is 22.6 Å². The molecule has 0 spiro atoms. The number of likely N-dealkylation sites (N-methyl/N-ethyl adjacent to an activating group) is 1. The van der Waals surface area contributed by atoms with Gasteiger partial charge in [0.15, 0.2) is 0 Å². The molecule has 100 valence electrons. The number of benzene rings is 1. The largest absolute Gasteiger partial charge is 0.492 e. The van der Waals surface area contributed by atoms with Gasteiger partial charge in [-0.05, 0) is 38.6 Å². The second-order valence-electron chi connectivity index (χ2n) is 4.86. The van der Waals surface area contributed by atoms with Crippen LogP contribution in [-0.4, -0.2) is 31.1 Å². The van der Waals surface area contributed by atoms with Crippen LogP contribution in [-0.2, 0) is 6.54 Å². The number of halogens is 1. The molecule has 0 aliphatic carbocycles. The summed E-state index contributed by atoms with van der Waals surface area (Å²) >= 11 is 3.51. The first-order chi connectivity index (χ1) is 8.72. The summed E-state index contributed by atoms with van der Waals surface area (Å²) < 4.78 is 6.99. The molecular weight excluding hydrogens is 292 g/mol. The van der Waals surface area contributed by atoms with E-state index in [0.717, 1.165) is 22.4 Å². The number of likely N-dealkylation sites (tertiary alicyclic amines) is 1. The number of hydrogen-bond acceptors (Lipinski definition) is 3. The molecule has 1 saturated heterocycles. The van der Waals surface area contributed by atoms with E-state index >= 15 is 0 Å². The van der Waals surface area contributed by atoms with Gasteiger partial charge in [0.05, 0.1) is 0 Å². The molecule has 0 aromatic heterocycles. The second kappa shape index (κ2) is 6.55. The van der Waals surface area contributed by atoms with Gasteiger partial charge in [0.2, 0.25) is 0 Å². The number of nitrogens with zero attached hydrogens (tertiary/aromatic N) is 1. The van der Waals surface area contributed by atoms with Crippen LogP contribution in [0.2, 0.25) is 0 Å². The SMILES string of the molecule is CN1CCCCC1COc1cccc(Br)c1CN. The minimum absolute atomic E-state index is 0.497. The number of hydrogen-bond donors (Lipinski definition) is 1. The van der Waals surface area contributed by atoms with Gasteiger partial charge in [0.1, 0.15) is 12.4 Å². The minimum atomic E-state index is 0.497. The van der Waals surface area contributed by atoms with Gasteiger partial charge in [-0.15, -0.1) is 0 Å². The van der Waals surface area contributed by atoms with E-state index in [-0.39, 0.29) is 0 Å². The second-order valence-corrected chi connectivity index (χ2v) is 5.72. The highest BCUT2D eigenvalue weighted by molar-refractivity contribution is 9.10. The zero-order chi connectivity index (χ0) is 13.0. The van der Waals surface area contributed by atoms with Crippen molar-refractivity contribution in [2.75, 3.05) is 20.2 Å². The number of nitrogens with two attached hydrogens (primary N) is 1. The highest BCUT2D eigenvalue weighted by atomic mass is 79.9. The summed E-state index contributed by atoms with van der Waals surface area (Å²) in [5, 5.41) is 0. The Kier molecular flexibility index (Phi) is 5.03. The molecular formula is C14H21BrN2O. The van der Waals surface area contributed by atoms with E-state index < -0.39 is 0 Å². The third-order valence-corrected chi connectivity index (χ3v) is 4.38. The highest BCUT2D eigenvalue weighted by Crippen LogP contribution is 2.27. The molecule has 3 nitrogen and oxygen atoms in total. The van der Waals surface area contributed by atoms with Gasteiger partial charge in [-0.2, -0.15) is 0 Å². The van der Waals surface area contributed by atoms with Crippen LogP contribution >= 0.6 is 15.9 Å². The molecule has 1 unspecified atom stereocenters. The number of ether oxygens (including phenoxy) is 1. The summed E-state index contributed by atoms with van der Waals surface area (Å²) in [6, 6.07) is 6.52. The lowest BCUT2D eigenvalue weighted by atomic mass is 10.0. The smallest absolute Gasteiger partial charge is 0.124 e. The zero-order valence-corrected chi connectivity index (χ0v) is 12.4. The van der Waals surface area contributed by atoms with Crippen molar-refractivity contribution in [3.05, 3.63) is 28.2 Å². The fraction of sp³-hybridized carbons (Fsp3) is 0.571. The Morgan fingerprint density at radius 2 is 2.28 bits per heavy atom. The molecule has 1 atom stereocenters. The fourth-order valence-corrected chi connectivity index (χ4v) is 2.92. The van der Waals surface area contributed by atoms with Crippen molar-refractivity contribution in [2.24, 2.45) is 5.73 Å². The van der Waals surface area contributed by atoms with E-state index in [1.165, 1.54) is 25.8 Å². The molecule has 2 N–H and O–H groups in total. The Bertz CT molecular complexity index is 397. The first kappa shape index (κ1) is 13.8. The van der Waals surface area contributed by atoms with E-state index in [2.05, 4.69) is 27.9 Å². The zero-order valence-electron chi connectivity index (χ0n) is 10.9. The van der Waals surface area contributed by atoms with Gasteiger partial charge in [-0.25, -0.2) is 0 Å². The van der Waals surface area contributed by atoms with E-state index in [1.807, 2.05) is 18.2 Å². The standard InChI is InChI=1S/C14H21BrN2O/c1-17-8-3-2-5-11(17)10-18-14-7-4-6-13(15)12(14)9-16/h4,6-7,11H,2-3,5,8-10,16H2,1H3. The quantitative estimate of drug-likeness (QED) is 0.929. The summed E-state index contributed by atoms with van der Waals surface area (Å²) in [5.74, 6) is 0.908. The minimum Gasteiger partial charge on any atom is -0.492 e. The monoisotopic (exact) mass is 312 g/mol. The predicted molar refractivity (Wildman–Crippen MR) is 77.8 cm³/mol. The molecule has 0 bridgehead atoms. The van der Waals surface area contributed by atoms with E-state index in [9.17, 15) is 0 Å². The average molecular weight is 313 g/mol. The maximum Gasteiger partial charge on any atom is 0.124 e. The van der Waals surface area contributed by atoms with E-state index in [0.29, 0.717) is 12.6 Å². The molecule has 1 fully saturated rings. The van der Waals surface area contributed by atoms with Crippen LogP contribution in [0.15, 0.2) is 22.7 Å². The Morgan fingerprint density at radius 1 is 1.44 bits per heavy atom. The molecule has 1 aliphatic rings. The van der Waals surface area contributed by atoms with Gasteiger partial charge >= 0.3 is 0 Å². The van der Waals surface area contributed by atoms with Crippen LogP contribution in [0.5, 0.6) is 5.75 Å². The molecule has 1 heterocycles. The molecule has 0 saturated carbocycles. The van der Waals surface area contributed by atoms with Crippen molar-refractivity contribution in [2.45, 2.75) is 31.8 Å².